The fraction of sp³-hybridized carbons (Fsp3) is 0.425. The molecule has 54 heavy (non-hydrogen) atoms. The van der Waals surface area contributed by atoms with Crippen LogP contribution in [0.3, 0.4) is 0 Å². The van der Waals surface area contributed by atoms with E-state index >= 15 is 0 Å². The Morgan fingerprint density at radius 1 is 1.09 bits per heavy atom. The molecule has 1 unspecified atom stereocenters. The molecule has 14 heteroatoms. The number of fused-ring (bicyclic) bond motifs is 3. The van der Waals surface area contributed by atoms with E-state index in [4.69, 9.17) is 9.72 Å². The minimum absolute atomic E-state index is 0.0360. The molecule has 2 fully saturated rings. The number of benzene rings is 1. The molecule has 3 N–H and O–H groups in total. The van der Waals surface area contributed by atoms with Crippen molar-refractivity contribution in [1.29, 1.82) is 0 Å². The van der Waals surface area contributed by atoms with Gasteiger partial charge in [0.15, 0.2) is 5.82 Å². The van der Waals surface area contributed by atoms with Gasteiger partial charge in [-0.05, 0) is 67.2 Å². The van der Waals surface area contributed by atoms with Crippen LogP contribution < -0.4 is 26.0 Å². The first-order valence-corrected chi connectivity index (χ1v) is 18.6. The number of piperazine rings is 1. The molecule has 0 bridgehead atoms. The topological polar surface area (TPSA) is 150 Å². The van der Waals surface area contributed by atoms with Crippen LogP contribution in [-0.2, 0) is 42.6 Å². The van der Waals surface area contributed by atoms with Crippen molar-refractivity contribution in [3.8, 4) is 11.4 Å². The van der Waals surface area contributed by atoms with Gasteiger partial charge in [-0.2, -0.15) is 0 Å². The van der Waals surface area contributed by atoms with Crippen molar-refractivity contribution < 1.29 is 19.4 Å². The van der Waals surface area contributed by atoms with Gasteiger partial charge in [0.25, 0.3) is 11.5 Å². The van der Waals surface area contributed by atoms with Crippen LogP contribution >= 0.6 is 0 Å². The largest absolute Gasteiger partial charge is 0.392 e. The summed E-state index contributed by atoms with van der Waals surface area (Å²) in [6.07, 6.45) is 6.28. The van der Waals surface area contributed by atoms with Crippen LogP contribution in [0.2, 0.25) is 0 Å². The second-order valence-electron chi connectivity index (χ2n) is 15.6. The predicted molar refractivity (Wildman–Crippen MR) is 207 cm³/mol. The van der Waals surface area contributed by atoms with Crippen LogP contribution in [0.4, 0.5) is 28.6 Å². The number of aromatic nitrogens is 4. The van der Waals surface area contributed by atoms with E-state index in [0.717, 1.165) is 51.4 Å². The number of carbonyl (C=O) groups is 2. The van der Waals surface area contributed by atoms with Crippen molar-refractivity contribution in [2.24, 2.45) is 12.5 Å². The third-order valence-electron chi connectivity index (χ3n) is 11.2. The summed E-state index contributed by atoms with van der Waals surface area (Å²) in [7, 11) is 1.62. The number of anilines is 5. The number of nitrogens with zero attached hydrogens (tertiary/aromatic N) is 7. The molecule has 0 radical (unpaired) electrons. The zero-order chi connectivity index (χ0) is 37.9. The number of pyridine rings is 1. The van der Waals surface area contributed by atoms with E-state index in [9.17, 15) is 19.5 Å². The first kappa shape index (κ1) is 35.7. The van der Waals surface area contributed by atoms with Gasteiger partial charge in [-0.3, -0.25) is 24.3 Å². The molecule has 8 rings (SSSR count). The zero-order valence-electron chi connectivity index (χ0n) is 31.3. The fourth-order valence-electron chi connectivity index (χ4n) is 8.45. The molecule has 14 nitrogen and oxygen atoms in total. The Morgan fingerprint density at radius 2 is 1.91 bits per heavy atom. The van der Waals surface area contributed by atoms with Gasteiger partial charge < -0.3 is 39.4 Å². The highest BCUT2D eigenvalue weighted by atomic mass is 16.5. The molecule has 1 atom stereocenters. The molecular weight excluding hydrogens is 686 g/mol. The SMILES string of the molecule is C=CC(=O)Nc1cc(Nc2nc(-c3nccc(N4CCn5c(cc6c5CC(C)(C)C6)C4=O)c3CO)cn(C)c2=O)ccc1N1CCN(C2COC2)CC1C. The second-order valence-corrected chi connectivity index (χ2v) is 15.6. The van der Waals surface area contributed by atoms with Crippen LogP contribution in [0.25, 0.3) is 11.4 Å². The van der Waals surface area contributed by atoms with Gasteiger partial charge in [0.2, 0.25) is 5.91 Å². The predicted octanol–water partition coefficient (Wildman–Crippen LogP) is 3.70. The Labute approximate surface area is 314 Å². The van der Waals surface area contributed by atoms with Crippen LogP contribution in [0.15, 0.2) is 60.2 Å². The Balaban J connectivity index is 1.08. The number of aryl methyl sites for hydroxylation is 1. The minimum atomic E-state index is -0.393. The molecule has 0 saturated carbocycles. The Bertz CT molecular complexity index is 2220. The van der Waals surface area contributed by atoms with Crippen LogP contribution in [-0.4, -0.2) is 92.4 Å². The average Bonchev–Trinajstić information content (AvgIpc) is 3.61. The average molecular weight is 734 g/mol. The van der Waals surface area contributed by atoms with E-state index in [2.05, 4.69) is 57.3 Å². The Hall–Kier alpha value is -5.31. The van der Waals surface area contributed by atoms with Crippen LogP contribution in [0, 0.1) is 5.41 Å². The lowest BCUT2D eigenvalue weighted by molar-refractivity contribution is -0.111. The third-order valence-corrected chi connectivity index (χ3v) is 11.2. The Kier molecular flexibility index (Phi) is 9.15. The molecule has 3 aliphatic heterocycles. The number of nitrogens with one attached hydrogen (secondary N) is 2. The summed E-state index contributed by atoms with van der Waals surface area (Å²) in [4.78, 5) is 55.8. The molecule has 4 aliphatic rings. The van der Waals surface area contributed by atoms with E-state index in [1.54, 1.807) is 36.5 Å². The number of rotatable bonds is 9. The third kappa shape index (κ3) is 6.37. The van der Waals surface area contributed by atoms with Crippen LogP contribution in [0.1, 0.15) is 48.1 Å². The molecule has 2 saturated heterocycles. The van der Waals surface area contributed by atoms with E-state index in [1.165, 1.54) is 21.9 Å². The van der Waals surface area contributed by atoms with E-state index in [-0.39, 0.29) is 34.6 Å². The zero-order valence-corrected chi connectivity index (χ0v) is 31.3. The summed E-state index contributed by atoms with van der Waals surface area (Å²) < 4.78 is 8.98. The maximum Gasteiger partial charge on any atom is 0.293 e. The molecule has 282 valence electrons. The highest BCUT2D eigenvalue weighted by molar-refractivity contribution is 6.07. The summed E-state index contributed by atoms with van der Waals surface area (Å²) in [5.41, 5.74) is 6.62. The van der Waals surface area contributed by atoms with Gasteiger partial charge >= 0.3 is 0 Å². The highest BCUT2D eigenvalue weighted by Gasteiger charge is 2.38. The highest BCUT2D eigenvalue weighted by Crippen LogP contribution is 2.40. The van der Waals surface area contributed by atoms with Crippen molar-refractivity contribution >= 4 is 40.4 Å². The molecule has 6 heterocycles. The van der Waals surface area contributed by atoms with Crippen molar-refractivity contribution in [3.05, 3.63) is 88.2 Å². The number of amides is 2. The van der Waals surface area contributed by atoms with Crippen molar-refractivity contribution in [1.82, 2.24) is 24.0 Å². The lowest BCUT2D eigenvalue weighted by Crippen LogP contribution is -2.59. The maximum absolute atomic E-state index is 14.0. The number of ether oxygens (including phenoxy) is 1. The van der Waals surface area contributed by atoms with Gasteiger partial charge in [-0.15, -0.1) is 0 Å². The van der Waals surface area contributed by atoms with Gasteiger partial charge in [-0.25, -0.2) is 4.98 Å². The van der Waals surface area contributed by atoms with Gasteiger partial charge in [0.1, 0.15) is 11.4 Å². The number of aliphatic hydroxyl groups excluding tert-OH is 1. The lowest BCUT2D eigenvalue weighted by Gasteiger charge is -2.46. The molecular formula is C40H47N9O5. The van der Waals surface area contributed by atoms with E-state index in [1.807, 2.05) is 18.2 Å². The summed E-state index contributed by atoms with van der Waals surface area (Å²) in [6.45, 7) is 15.1. The lowest BCUT2D eigenvalue weighted by atomic mass is 9.90. The van der Waals surface area contributed by atoms with E-state index < -0.39 is 6.61 Å². The standard InChI is InChI=1S/C40H47N9O5/c1-6-35(51)43-29-16-26(7-8-32(29)47-12-11-46(19-24(47)2)27-22-54-23-27)42-37-39(53)45(5)20-30(44-37)36-28(21-50)31(9-10-41-36)49-14-13-48-33(38(49)52)15-25-17-40(3,4)18-34(25)48/h6-10,15-16,20,24,27,50H,1,11-14,17-19,21-23H2,2-5H3,(H,42,44)(H,43,51). The van der Waals surface area contributed by atoms with Crippen molar-refractivity contribution in [2.45, 2.75) is 58.8 Å². The smallest absolute Gasteiger partial charge is 0.293 e. The number of hydrogen-bond acceptors (Lipinski definition) is 10. The Morgan fingerprint density at radius 3 is 2.63 bits per heavy atom. The first-order valence-electron chi connectivity index (χ1n) is 18.6. The molecule has 1 aliphatic carbocycles. The van der Waals surface area contributed by atoms with Crippen LogP contribution in [0.5, 0.6) is 0 Å². The minimum Gasteiger partial charge on any atom is -0.392 e. The summed E-state index contributed by atoms with van der Waals surface area (Å²) in [6, 6.07) is 9.99. The molecule has 3 aromatic heterocycles. The van der Waals surface area contributed by atoms with Crippen molar-refractivity contribution in [3.63, 3.8) is 0 Å². The second kappa shape index (κ2) is 13.8. The molecule has 2 amide bonds. The molecule has 0 spiro atoms. The molecule has 1 aromatic carbocycles. The number of hydrogen-bond donors (Lipinski definition) is 3. The van der Waals surface area contributed by atoms with Crippen molar-refractivity contribution in [2.75, 3.05) is 59.8 Å². The fourth-order valence-corrected chi connectivity index (χ4v) is 8.45. The first-order chi connectivity index (χ1) is 25.9. The summed E-state index contributed by atoms with van der Waals surface area (Å²) in [5.74, 6) is -0.435. The summed E-state index contributed by atoms with van der Waals surface area (Å²) in [5, 5.41) is 16.9. The van der Waals surface area contributed by atoms with Gasteiger partial charge in [-0.1, -0.05) is 20.4 Å². The normalized spacial score (nSPS) is 19.6. The monoisotopic (exact) mass is 733 g/mol. The van der Waals surface area contributed by atoms with Gasteiger partial charge in [0.05, 0.1) is 48.6 Å². The van der Waals surface area contributed by atoms with Gasteiger partial charge in [0, 0.05) is 75.2 Å². The number of aliphatic hydroxyl groups is 1. The van der Waals surface area contributed by atoms with E-state index in [0.29, 0.717) is 58.8 Å². The molecule has 4 aromatic rings. The quantitative estimate of drug-likeness (QED) is 0.218. The summed E-state index contributed by atoms with van der Waals surface area (Å²) >= 11 is 0. The number of carbonyl (C=O) groups excluding carboxylic acids is 2. The maximum atomic E-state index is 14.0.